The monoisotopic (exact) mass is 404 g/mol. The highest BCUT2D eigenvalue weighted by atomic mass is 16.2. The molecule has 2 aromatic rings. The molecule has 3 rings (SSSR count). The molecule has 0 bridgehead atoms. The van der Waals surface area contributed by atoms with Crippen molar-refractivity contribution in [2.75, 3.05) is 11.9 Å². The van der Waals surface area contributed by atoms with Crippen LogP contribution in [0.3, 0.4) is 0 Å². The van der Waals surface area contributed by atoms with Crippen molar-refractivity contribution < 1.29 is 14.4 Å². The summed E-state index contributed by atoms with van der Waals surface area (Å²) in [4.78, 5) is 38.8. The summed E-state index contributed by atoms with van der Waals surface area (Å²) in [6.07, 6.45) is 0. The lowest BCUT2D eigenvalue weighted by molar-refractivity contribution is -0.133. The van der Waals surface area contributed by atoms with Gasteiger partial charge in [0.25, 0.3) is 5.91 Å². The number of nitrogens with zero attached hydrogens (tertiary/aromatic N) is 2. The van der Waals surface area contributed by atoms with E-state index < -0.39 is 29.9 Å². The van der Waals surface area contributed by atoms with Crippen molar-refractivity contribution in [3.8, 4) is 6.07 Å². The molecule has 7 heteroatoms. The summed E-state index contributed by atoms with van der Waals surface area (Å²) in [5, 5.41) is 14.3. The Labute approximate surface area is 175 Å². The molecule has 0 aliphatic carbocycles. The standard InChI is InChI=1S/C23H24N4O3/c1-22(2,3)16-8-10-17(11-9-16)23(4)20(29)27(21(30)26-23)14-19(28)25-18-7-5-6-15(12-18)13-24/h5-12H,14H2,1-4H3,(H,25,28)(H,26,30)/t23-/m0/s1. The number of imide groups is 1. The number of carbonyl (C=O) groups is 3. The topological polar surface area (TPSA) is 102 Å². The van der Waals surface area contributed by atoms with Crippen LogP contribution in [0.1, 0.15) is 44.4 Å². The van der Waals surface area contributed by atoms with Crippen molar-refractivity contribution in [1.82, 2.24) is 10.2 Å². The maximum Gasteiger partial charge on any atom is 0.325 e. The molecule has 0 radical (unpaired) electrons. The molecule has 1 atom stereocenters. The van der Waals surface area contributed by atoms with E-state index in [9.17, 15) is 14.4 Å². The minimum atomic E-state index is -1.24. The molecule has 1 aliphatic rings. The number of nitrogens with one attached hydrogen (secondary N) is 2. The predicted molar refractivity (Wildman–Crippen MR) is 113 cm³/mol. The van der Waals surface area contributed by atoms with Gasteiger partial charge in [0.15, 0.2) is 0 Å². The fourth-order valence-electron chi connectivity index (χ4n) is 3.35. The molecule has 1 fully saturated rings. The van der Waals surface area contributed by atoms with E-state index in [1.807, 2.05) is 30.3 Å². The maximum atomic E-state index is 13.0. The van der Waals surface area contributed by atoms with Crippen molar-refractivity contribution in [1.29, 1.82) is 5.26 Å². The van der Waals surface area contributed by atoms with Gasteiger partial charge in [0.05, 0.1) is 11.6 Å². The van der Waals surface area contributed by atoms with Crippen LogP contribution in [0.5, 0.6) is 0 Å². The average molecular weight is 404 g/mol. The average Bonchev–Trinajstić information content (AvgIpc) is 2.91. The van der Waals surface area contributed by atoms with E-state index >= 15 is 0 Å². The molecule has 0 unspecified atom stereocenters. The number of nitriles is 1. The van der Waals surface area contributed by atoms with Crippen molar-refractivity contribution in [3.63, 3.8) is 0 Å². The first-order valence-electron chi connectivity index (χ1n) is 9.60. The van der Waals surface area contributed by atoms with Crippen LogP contribution in [0.25, 0.3) is 0 Å². The van der Waals surface area contributed by atoms with Gasteiger partial charge in [-0.25, -0.2) is 4.79 Å². The molecule has 0 spiro atoms. The van der Waals surface area contributed by atoms with Gasteiger partial charge in [0.2, 0.25) is 5.91 Å². The minimum Gasteiger partial charge on any atom is -0.324 e. The van der Waals surface area contributed by atoms with Gasteiger partial charge >= 0.3 is 6.03 Å². The van der Waals surface area contributed by atoms with Crippen LogP contribution in [0.2, 0.25) is 0 Å². The molecule has 1 saturated heterocycles. The van der Waals surface area contributed by atoms with Gasteiger partial charge < -0.3 is 10.6 Å². The highest BCUT2D eigenvalue weighted by molar-refractivity contribution is 6.10. The van der Waals surface area contributed by atoms with Crippen LogP contribution < -0.4 is 10.6 Å². The van der Waals surface area contributed by atoms with Gasteiger partial charge in [-0.2, -0.15) is 5.26 Å². The summed E-state index contributed by atoms with van der Waals surface area (Å²) in [6, 6.07) is 15.3. The van der Waals surface area contributed by atoms with Crippen molar-refractivity contribution in [2.24, 2.45) is 0 Å². The Morgan fingerprint density at radius 3 is 2.43 bits per heavy atom. The largest absolute Gasteiger partial charge is 0.325 e. The molecule has 4 amide bonds. The van der Waals surface area contributed by atoms with E-state index in [2.05, 4.69) is 31.4 Å². The van der Waals surface area contributed by atoms with E-state index in [4.69, 9.17) is 5.26 Å². The van der Waals surface area contributed by atoms with Crippen LogP contribution in [-0.2, 0) is 20.5 Å². The minimum absolute atomic E-state index is 0.0324. The number of amides is 4. The van der Waals surface area contributed by atoms with Crippen LogP contribution in [0.15, 0.2) is 48.5 Å². The van der Waals surface area contributed by atoms with E-state index in [0.29, 0.717) is 16.8 Å². The molecule has 154 valence electrons. The molecular formula is C23H24N4O3. The molecule has 2 N–H and O–H groups in total. The lowest BCUT2D eigenvalue weighted by Crippen LogP contribution is -2.42. The summed E-state index contributed by atoms with van der Waals surface area (Å²) < 4.78 is 0. The van der Waals surface area contributed by atoms with Crippen molar-refractivity contribution in [2.45, 2.75) is 38.6 Å². The highest BCUT2D eigenvalue weighted by Gasteiger charge is 2.49. The summed E-state index contributed by atoms with van der Waals surface area (Å²) in [6.45, 7) is 7.50. The van der Waals surface area contributed by atoms with Gasteiger partial charge in [-0.15, -0.1) is 0 Å². The third-order valence-corrected chi connectivity index (χ3v) is 5.18. The van der Waals surface area contributed by atoms with Crippen LogP contribution >= 0.6 is 0 Å². The zero-order valence-electron chi connectivity index (χ0n) is 17.4. The Bertz CT molecular complexity index is 1050. The first-order valence-corrected chi connectivity index (χ1v) is 9.60. The van der Waals surface area contributed by atoms with Crippen LogP contribution in [-0.4, -0.2) is 29.3 Å². The molecule has 0 aromatic heterocycles. The number of rotatable bonds is 4. The summed E-state index contributed by atoms with van der Waals surface area (Å²) >= 11 is 0. The lowest BCUT2D eigenvalue weighted by Gasteiger charge is -2.24. The zero-order chi connectivity index (χ0) is 22.1. The SMILES string of the molecule is CC(C)(C)c1ccc([C@]2(C)NC(=O)N(CC(=O)Nc3cccc(C#N)c3)C2=O)cc1. The van der Waals surface area contributed by atoms with Gasteiger partial charge in [0.1, 0.15) is 12.1 Å². The fourth-order valence-corrected chi connectivity index (χ4v) is 3.35. The number of anilines is 1. The lowest BCUT2D eigenvalue weighted by atomic mass is 9.84. The second kappa shape index (κ2) is 7.64. The van der Waals surface area contributed by atoms with Gasteiger partial charge in [-0.3, -0.25) is 14.5 Å². The molecule has 7 nitrogen and oxygen atoms in total. The first kappa shape index (κ1) is 21.1. The third kappa shape index (κ3) is 4.03. The van der Waals surface area contributed by atoms with E-state index in [-0.39, 0.29) is 5.41 Å². The van der Waals surface area contributed by atoms with Crippen molar-refractivity contribution >= 4 is 23.5 Å². The Kier molecular flexibility index (Phi) is 5.36. The second-order valence-electron chi connectivity index (χ2n) is 8.51. The van der Waals surface area contributed by atoms with Gasteiger partial charge in [-0.05, 0) is 41.7 Å². The summed E-state index contributed by atoms with van der Waals surface area (Å²) in [5.41, 5.74) is 1.31. The van der Waals surface area contributed by atoms with Crippen LogP contribution in [0, 0.1) is 11.3 Å². The molecule has 1 heterocycles. The number of hydrogen-bond donors (Lipinski definition) is 2. The third-order valence-electron chi connectivity index (χ3n) is 5.18. The maximum absolute atomic E-state index is 13.0. The summed E-state index contributed by atoms with van der Waals surface area (Å²) in [5.74, 6) is -1.02. The Balaban J connectivity index is 1.75. The quantitative estimate of drug-likeness (QED) is 0.764. The highest BCUT2D eigenvalue weighted by Crippen LogP contribution is 2.31. The number of carbonyl (C=O) groups excluding carboxylic acids is 3. The Hall–Kier alpha value is -3.66. The molecule has 30 heavy (non-hydrogen) atoms. The van der Waals surface area contributed by atoms with E-state index in [1.165, 1.54) is 6.07 Å². The van der Waals surface area contributed by atoms with Crippen LogP contribution in [0.4, 0.5) is 10.5 Å². The zero-order valence-corrected chi connectivity index (χ0v) is 17.4. The predicted octanol–water partition coefficient (Wildman–Crippen LogP) is 3.26. The molecular weight excluding hydrogens is 380 g/mol. The smallest absolute Gasteiger partial charge is 0.324 e. The van der Waals surface area contributed by atoms with Gasteiger partial charge in [0, 0.05) is 5.69 Å². The molecule has 1 aliphatic heterocycles. The molecule has 0 saturated carbocycles. The van der Waals surface area contributed by atoms with Crippen molar-refractivity contribution in [3.05, 3.63) is 65.2 Å². The Morgan fingerprint density at radius 1 is 1.17 bits per heavy atom. The number of hydrogen-bond acceptors (Lipinski definition) is 4. The first-order chi connectivity index (χ1) is 14.0. The Morgan fingerprint density at radius 2 is 1.83 bits per heavy atom. The second-order valence-corrected chi connectivity index (χ2v) is 8.51. The normalized spacial score (nSPS) is 18.7. The number of urea groups is 1. The fraction of sp³-hybridized carbons (Fsp3) is 0.304. The molecule has 2 aromatic carbocycles. The van der Waals surface area contributed by atoms with E-state index in [1.54, 1.807) is 25.1 Å². The summed E-state index contributed by atoms with van der Waals surface area (Å²) in [7, 11) is 0. The van der Waals surface area contributed by atoms with E-state index in [0.717, 1.165) is 10.5 Å². The van der Waals surface area contributed by atoms with Gasteiger partial charge in [-0.1, -0.05) is 51.1 Å². The number of benzene rings is 2.